The van der Waals surface area contributed by atoms with Crippen LogP contribution in [0.25, 0.3) is 22.0 Å². The Labute approximate surface area is 258 Å². The number of nitrogens with zero attached hydrogens (tertiary/aromatic N) is 5. The van der Waals surface area contributed by atoms with Crippen LogP contribution in [-0.2, 0) is 19.6 Å². The lowest BCUT2D eigenvalue weighted by Crippen LogP contribution is -2.48. The molecule has 0 bridgehead atoms. The molecule has 1 aliphatic heterocycles. The molecular formula is C29H23F5N6O5S. The van der Waals surface area contributed by atoms with Crippen molar-refractivity contribution < 1.29 is 44.7 Å². The second-order valence-electron chi connectivity index (χ2n) is 9.99. The molecule has 1 saturated heterocycles. The number of carbonyl (C=O) groups is 2. The fourth-order valence-corrected chi connectivity index (χ4v) is 5.78. The van der Waals surface area contributed by atoms with Crippen LogP contribution in [0.15, 0.2) is 72.0 Å². The molecule has 0 saturated carbocycles. The van der Waals surface area contributed by atoms with Crippen LogP contribution in [0, 0.1) is 11.6 Å². The van der Waals surface area contributed by atoms with E-state index in [-0.39, 0.29) is 17.3 Å². The molecule has 4 aromatic rings. The first-order valence-electron chi connectivity index (χ1n) is 13.4. The maximum Gasteiger partial charge on any atom is 0.574 e. The number of sulfonamides is 1. The largest absolute Gasteiger partial charge is 0.574 e. The fourth-order valence-electron chi connectivity index (χ4n) is 4.67. The minimum Gasteiger partial charge on any atom is -0.386 e. The van der Waals surface area contributed by atoms with Crippen molar-refractivity contribution in [2.75, 3.05) is 35.8 Å². The molecule has 0 aliphatic carbocycles. The van der Waals surface area contributed by atoms with Crippen LogP contribution in [-0.4, -0.2) is 72.5 Å². The third-order valence-electron chi connectivity index (χ3n) is 6.79. The van der Waals surface area contributed by atoms with Gasteiger partial charge in [-0.05, 0) is 48.9 Å². The van der Waals surface area contributed by atoms with Crippen molar-refractivity contribution in [2.45, 2.75) is 18.2 Å². The van der Waals surface area contributed by atoms with E-state index in [2.05, 4.69) is 19.7 Å². The molecule has 2 aromatic carbocycles. The maximum absolute atomic E-state index is 14.3. The van der Waals surface area contributed by atoms with Crippen LogP contribution in [0.5, 0.6) is 5.88 Å². The van der Waals surface area contributed by atoms with Crippen LogP contribution in [0.4, 0.5) is 33.5 Å². The summed E-state index contributed by atoms with van der Waals surface area (Å²) in [6.07, 6.45) is -0.447. The Balaban J connectivity index is 1.48. The molecule has 0 unspecified atom stereocenters. The molecule has 0 radical (unpaired) electrons. The van der Waals surface area contributed by atoms with Crippen molar-refractivity contribution in [1.82, 2.24) is 19.9 Å². The monoisotopic (exact) mass is 662 g/mol. The van der Waals surface area contributed by atoms with Gasteiger partial charge in [-0.15, -0.1) is 13.2 Å². The highest BCUT2D eigenvalue weighted by atomic mass is 32.2. The van der Waals surface area contributed by atoms with E-state index in [1.807, 2.05) is 9.62 Å². The number of anilines is 2. The summed E-state index contributed by atoms with van der Waals surface area (Å²) in [6, 6.07) is 7.48. The van der Waals surface area contributed by atoms with Gasteiger partial charge in [-0.3, -0.25) is 14.3 Å². The summed E-state index contributed by atoms with van der Waals surface area (Å²) in [4.78, 5) is 38.4. The molecule has 1 fully saturated rings. The van der Waals surface area contributed by atoms with E-state index in [1.165, 1.54) is 25.4 Å². The van der Waals surface area contributed by atoms with Crippen molar-refractivity contribution in [1.29, 1.82) is 0 Å². The fraction of sp³-hybridized carbons (Fsp3) is 0.207. The van der Waals surface area contributed by atoms with Gasteiger partial charge in [-0.25, -0.2) is 32.2 Å². The summed E-state index contributed by atoms with van der Waals surface area (Å²) >= 11 is 0. The summed E-state index contributed by atoms with van der Waals surface area (Å²) in [5.74, 6) is -3.72. The Kier molecular flexibility index (Phi) is 8.87. The molecule has 11 nitrogen and oxygen atoms in total. The number of halogens is 5. The van der Waals surface area contributed by atoms with E-state index in [0.717, 1.165) is 12.3 Å². The van der Waals surface area contributed by atoms with E-state index in [0.29, 0.717) is 66.7 Å². The SMILES string of the molecule is CC(=O)C=CC(=O)N1CCN(c2ncnc3ccc(-c4cnc(OC(F)(F)F)c(NS(=O)(=O)c5ccc(F)cc5F)c4)cc23)CC1. The number of amides is 1. The first-order valence-corrected chi connectivity index (χ1v) is 14.9. The Morgan fingerprint density at radius 2 is 1.67 bits per heavy atom. The molecule has 1 amide bonds. The lowest BCUT2D eigenvalue weighted by atomic mass is 10.0. The first-order chi connectivity index (χ1) is 21.7. The Morgan fingerprint density at radius 3 is 2.35 bits per heavy atom. The number of fused-ring (bicyclic) bond motifs is 1. The van der Waals surface area contributed by atoms with E-state index >= 15 is 0 Å². The highest BCUT2D eigenvalue weighted by Crippen LogP contribution is 2.35. The van der Waals surface area contributed by atoms with Crippen molar-refractivity contribution in [2.24, 2.45) is 0 Å². The lowest BCUT2D eigenvalue weighted by molar-refractivity contribution is -0.275. The third kappa shape index (κ3) is 7.36. The minimum atomic E-state index is -5.25. The van der Waals surface area contributed by atoms with Gasteiger partial charge in [0.2, 0.25) is 11.8 Å². The number of piperazine rings is 1. The van der Waals surface area contributed by atoms with Crippen LogP contribution < -0.4 is 14.4 Å². The predicted octanol–water partition coefficient (Wildman–Crippen LogP) is 4.46. The Hall–Kier alpha value is -5.19. The molecular weight excluding hydrogens is 639 g/mol. The summed E-state index contributed by atoms with van der Waals surface area (Å²) in [5.41, 5.74) is 0.291. The normalized spacial score (nSPS) is 14.1. The number of carbonyl (C=O) groups excluding carboxylic acids is 2. The van der Waals surface area contributed by atoms with E-state index in [4.69, 9.17) is 0 Å². The van der Waals surface area contributed by atoms with E-state index in [1.54, 1.807) is 23.1 Å². The zero-order chi connectivity index (χ0) is 33.2. The predicted molar refractivity (Wildman–Crippen MR) is 155 cm³/mol. The number of hydrogen-bond acceptors (Lipinski definition) is 9. The highest BCUT2D eigenvalue weighted by Gasteiger charge is 2.34. The van der Waals surface area contributed by atoms with Crippen molar-refractivity contribution in [3.05, 3.63) is 78.8 Å². The number of nitrogens with one attached hydrogen (secondary N) is 1. The average Bonchev–Trinajstić information content (AvgIpc) is 2.99. The summed E-state index contributed by atoms with van der Waals surface area (Å²) in [7, 11) is -4.87. The summed E-state index contributed by atoms with van der Waals surface area (Å²) < 4.78 is 98.7. The zero-order valence-corrected chi connectivity index (χ0v) is 24.6. The Morgan fingerprint density at radius 1 is 0.935 bits per heavy atom. The molecule has 1 aliphatic rings. The number of pyridine rings is 1. The van der Waals surface area contributed by atoms with Gasteiger partial charge in [0.05, 0.1) is 5.52 Å². The molecule has 17 heteroatoms. The third-order valence-corrected chi connectivity index (χ3v) is 8.19. The number of rotatable bonds is 8. The van der Waals surface area contributed by atoms with Crippen LogP contribution in [0.2, 0.25) is 0 Å². The molecule has 240 valence electrons. The minimum absolute atomic E-state index is 0.149. The number of hydrogen-bond donors (Lipinski definition) is 1. The van der Waals surface area contributed by atoms with Crippen molar-refractivity contribution in [3.8, 4) is 17.0 Å². The van der Waals surface area contributed by atoms with Gasteiger partial charge < -0.3 is 14.5 Å². The van der Waals surface area contributed by atoms with E-state index in [9.17, 15) is 40.0 Å². The van der Waals surface area contributed by atoms with Gasteiger partial charge in [0.25, 0.3) is 10.0 Å². The van der Waals surface area contributed by atoms with Gasteiger partial charge in [0, 0.05) is 55.5 Å². The van der Waals surface area contributed by atoms with Gasteiger partial charge >= 0.3 is 6.36 Å². The summed E-state index contributed by atoms with van der Waals surface area (Å²) in [6.45, 7) is 2.81. The topological polar surface area (TPSA) is 135 Å². The number of ketones is 1. The van der Waals surface area contributed by atoms with E-state index < -0.39 is 44.5 Å². The molecule has 0 atom stereocenters. The number of ether oxygens (including phenoxy) is 1. The maximum atomic E-state index is 14.3. The second-order valence-corrected chi connectivity index (χ2v) is 11.6. The van der Waals surface area contributed by atoms with Gasteiger partial charge in [-0.2, -0.15) is 0 Å². The number of benzene rings is 2. The van der Waals surface area contributed by atoms with Gasteiger partial charge in [-0.1, -0.05) is 6.07 Å². The van der Waals surface area contributed by atoms with Gasteiger partial charge in [0.1, 0.15) is 34.4 Å². The second kappa shape index (κ2) is 12.7. The molecule has 3 heterocycles. The quantitative estimate of drug-likeness (QED) is 0.214. The smallest absolute Gasteiger partial charge is 0.386 e. The standard InChI is InChI=1S/C29H23F5N6O5S/c1-17(41)2-7-26(42)39-8-10-40(11-9-39)27-21-12-18(3-5-23(21)36-16-37-27)19-13-24(28(35-15-19)45-29(32,33)34)38-46(43,44)25-6-4-20(30)14-22(25)31/h2-7,12-16,38H,8-11H2,1H3. The number of allylic oxidation sites excluding steroid dienone is 1. The number of alkyl halides is 3. The van der Waals surface area contributed by atoms with Crippen molar-refractivity contribution >= 4 is 44.1 Å². The highest BCUT2D eigenvalue weighted by molar-refractivity contribution is 7.92. The molecule has 5 rings (SSSR count). The lowest BCUT2D eigenvalue weighted by Gasteiger charge is -2.35. The van der Waals surface area contributed by atoms with Gasteiger partial charge in [0.15, 0.2) is 5.78 Å². The molecule has 1 N–H and O–H groups in total. The summed E-state index contributed by atoms with van der Waals surface area (Å²) in [5, 5.41) is 0.544. The van der Waals surface area contributed by atoms with Crippen LogP contribution in [0.1, 0.15) is 6.92 Å². The molecule has 2 aromatic heterocycles. The van der Waals surface area contributed by atoms with Crippen LogP contribution in [0.3, 0.4) is 0 Å². The zero-order valence-electron chi connectivity index (χ0n) is 23.8. The van der Waals surface area contributed by atoms with Crippen molar-refractivity contribution in [3.63, 3.8) is 0 Å². The number of aromatic nitrogens is 3. The molecule has 46 heavy (non-hydrogen) atoms. The Bertz CT molecular complexity index is 1960. The average molecular weight is 663 g/mol. The van der Waals surface area contributed by atoms with Crippen LogP contribution >= 0.6 is 0 Å². The molecule has 0 spiro atoms. The first kappa shape index (κ1) is 32.2.